The van der Waals surface area contributed by atoms with Gasteiger partial charge in [-0.1, -0.05) is 30.1 Å². The predicted molar refractivity (Wildman–Crippen MR) is 90.0 cm³/mol. The van der Waals surface area contributed by atoms with Crippen molar-refractivity contribution >= 4 is 29.1 Å². The van der Waals surface area contributed by atoms with Gasteiger partial charge in [-0.3, -0.25) is 4.79 Å². The summed E-state index contributed by atoms with van der Waals surface area (Å²) in [5.41, 5.74) is 0.960. The molecule has 1 amide bonds. The van der Waals surface area contributed by atoms with E-state index in [1.54, 1.807) is 0 Å². The first kappa shape index (κ1) is 17.4. The molecule has 4 nitrogen and oxygen atoms in total. The van der Waals surface area contributed by atoms with Gasteiger partial charge >= 0.3 is 0 Å². The molecule has 1 aromatic carbocycles. The molecule has 1 saturated heterocycles. The molecular formula is C16H22Cl2N2O2. The van der Waals surface area contributed by atoms with Crippen molar-refractivity contribution in [2.24, 2.45) is 0 Å². The molecule has 6 heteroatoms. The van der Waals surface area contributed by atoms with Crippen molar-refractivity contribution in [3.05, 3.63) is 27.7 Å². The molecule has 2 rings (SSSR count). The maximum absolute atomic E-state index is 12.2. The van der Waals surface area contributed by atoms with Gasteiger partial charge in [0.05, 0.1) is 16.7 Å². The third-order valence-corrected chi connectivity index (χ3v) is 4.17. The van der Waals surface area contributed by atoms with Crippen LogP contribution in [0.1, 0.15) is 25.3 Å². The summed E-state index contributed by atoms with van der Waals surface area (Å²) in [7, 11) is 0. The molecule has 0 aliphatic carbocycles. The lowest BCUT2D eigenvalue weighted by atomic mass is 10.1. The molecule has 1 heterocycles. The minimum absolute atomic E-state index is 0.181. The van der Waals surface area contributed by atoms with Gasteiger partial charge in [-0.25, -0.2) is 0 Å². The molecule has 1 aromatic rings. The molecule has 0 saturated carbocycles. The fraction of sp³-hybridized carbons (Fsp3) is 0.562. The fourth-order valence-corrected chi connectivity index (χ4v) is 3.06. The van der Waals surface area contributed by atoms with Crippen LogP contribution >= 0.6 is 23.2 Å². The van der Waals surface area contributed by atoms with Gasteiger partial charge in [-0.15, -0.1) is 0 Å². The van der Waals surface area contributed by atoms with E-state index >= 15 is 0 Å². The van der Waals surface area contributed by atoms with Crippen LogP contribution in [0, 0.1) is 0 Å². The smallest absolute Gasteiger partial charge is 0.222 e. The number of carbonyl (C=O) groups excluding carboxylic acids is 1. The Balaban J connectivity index is 1.93. The van der Waals surface area contributed by atoms with Gasteiger partial charge in [-0.05, 0) is 30.5 Å². The predicted octanol–water partition coefficient (Wildman–Crippen LogP) is 3.15. The molecule has 1 aliphatic heterocycles. The number of nitrogens with one attached hydrogen (secondary N) is 1. The molecule has 0 aromatic heterocycles. The largest absolute Gasteiger partial charge is 0.490 e. The van der Waals surface area contributed by atoms with Crippen molar-refractivity contribution in [3.63, 3.8) is 0 Å². The van der Waals surface area contributed by atoms with E-state index in [1.807, 2.05) is 24.0 Å². The van der Waals surface area contributed by atoms with E-state index in [-0.39, 0.29) is 5.91 Å². The molecule has 0 radical (unpaired) electrons. The number of aryl methyl sites for hydroxylation is 1. The molecule has 0 atom stereocenters. The van der Waals surface area contributed by atoms with Gasteiger partial charge in [0.15, 0.2) is 5.75 Å². The Hall–Kier alpha value is -0.970. The number of nitrogens with zero attached hydrogens (tertiary/aromatic N) is 1. The highest BCUT2D eigenvalue weighted by Gasteiger charge is 2.16. The first-order valence-corrected chi connectivity index (χ1v) is 8.46. The molecule has 0 unspecified atom stereocenters. The van der Waals surface area contributed by atoms with Crippen LogP contribution in [-0.2, 0) is 11.2 Å². The Kier molecular flexibility index (Phi) is 6.80. The van der Waals surface area contributed by atoms with E-state index in [4.69, 9.17) is 27.9 Å². The number of piperazine rings is 1. The minimum atomic E-state index is 0.181. The molecule has 122 valence electrons. The van der Waals surface area contributed by atoms with Crippen LogP contribution in [0.3, 0.4) is 0 Å². The Morgan fingerprint density at radius 1 is 1.27 bits per heavy atom. The second-order valence-electron chi connectivity index (χ2n) is 5.37. The summed E-state index contributed by atoms with van der Waals surface area (Å²) in [6, 6.07) is 3.67. The number of halogens is 2. The molecular weight excluding hydrogens is 323 g/mol. The zero-order valence-electron chi connectivity index (χ0n) is 12.8. The maximum atomic E-state index is 12.2. The summed E-state index contributed by atoms with van der Waals surface area (Å²) in [5, 5.41) is 4.25. The average molecular weight is 345 g/mol. The summed E-state index contributed by atoms with van der Waals surface area (Å²) in [6.07, 6.45) is 2.01. The summed E-state index contributed by atoms with van der Waals surface area (Å²) in [4.78, 5) is 14.1. The van der Waals surface area contributed by atoms with Crippen molar-refractivity contribution in [2.75, 3.05) is 32.8 Å². The van der Waals surface area contributed by atoms with Gasteiger partial charge in [0.25, 0.3) is 0 Å². The zero-order chi connectivity index (χ0) is 15.9. The molecule has 22 heavy (non-hydrogen) atoms. The quantitative estimate of drug-likeness (QED) is 0.861. The van der Waals surface area contributed by atoms with Crippen LogP contribution in [0.15, 0.2) is 12.1 Å². The highest BCUT2D eigenvalue weighted by molar-refractivity contribution is 6.37. The van der Waals surface area contributed by atoms with E-state index in [9.17, 15) is 4.79 Å². The monoisotopic (exact) mass is 344 g/mol. The fourth-order valence-electron chi connectivity index (χ4n) is 2.42. The summed E-state index contributed by atoms with van der Waals surface area (Å²) in [6.45, 7) is 5.91. The Morgan fingerprint density at radius 2 is 1.91 bits per heavy atom. The van der Waals surface area contributed by atoms with E-state index in [0.29, 0.717) is 35.2 Å². The normalized spacial score (nSPS) is 15.0. The molecule has 0 bridgehead atoms. The number of carbonyl (C=O) groups is 1. The third kappa shape index (κ3) is 4.77. The number of amides is 1. The van der Waals surface area contributed by atoms with Crippen molar-refractivity contribution < 1.29 is 9.53 Å². The lowest BCUT2D eigenvalue weighted by Crippen LogP contribution is -2.46. The summed E-state index contributed by atoms with van der Waals surface area (Å²) < 4.78 is 5.55. The van der Waals surface area contributed by atoms with Gasteiger partial charge in [0, 0.05) is 32.6 Å². The van der Waals surface area contributed by atoms with E-state index < -0.39 is 0 Å². The van der Waals surface area contributed by atoms with Crippen LogP contribution in [0.5, 0.6) is 5.75 Å². The minimum Gasteiger partial charge on any atom is -0.490 e. The molecule has 1 N–H and O–H groups in total. The van der Waals surface area contributed by atoms with Crippen molar-refractivity contribution in [1.82, 2.24) is 10.2 Å². The molecule has 0 spiro atoms. The standard InChI is InChI=1S/C16H22Cl2N2O2/c1-2-9-22-16-13(17)10-12(11-14(16)18)3-4-15(21)20-7-5-19-6-8-20/h10-11,19H,2-9H2,1H3. The van der Waals surface area contributed by atoms with Crippen LogP contribution in [-0.4, -0.2) is 43.6 Å². The maximum Gasteiger partial charge on any atom is 0.222 e. The highest BCUT2D eigenvalue weighted by atomic mass is 35.5. The third-order valence-electron chi connectivity index (χ3n) is 3.61. The van der Waals surface area contributed by atoms with E-state index in [2.05, 4.69) is 5.32 Å². The number of benzene rings is 1. The number of rotatable bonds is 6. The molecule has 1 fully saturated rings. The van der Waals surface area contributed by atoms with Crippen LogP contribution in [0.25, 0.3) is 0 Å². The topological polar surface area (TPSA) is 41.6 Å². The Morgan fingerprint density at radius 3 is 2.50 bits per heavy atom. The lowest BCUT2D eigenvalue weighted by Gasteiger charge is -2.27. The second-order valence-corrected chi connectivity index (χ2v) is 6.18. The highest BCUT2D eigenvalue weighted by Crippen LogP contribution is 2.34. The SMILES string of the molecule is CCCOc1c(Cl)cc(CCC(=O)N2CCNCC2)cc1Cl. The second kappa shape index (κ2) is 8.61. The van der Waals surface area contributed by atoms with Gasteiger partial charge in [-0.2, -0.15) is 0 Å². The lowest BCUT2D eigenvalue weighted by molar-refractivity contribution is -0.131. The van der Waals surface area contributed by atoms with Crippen LogP contribution < -0.4 is 10.1 Å². The zero-order valence-corrected chi connectivity index (χ0v) is 14.3. The Labute approximate surface area is 141 Å². The average Bonchev–Trinajstić information content (AvgIpc) is 2.52. The van der Waals surface area contributed by atoms with Crippen molar-refractivity contribution in [3.8, 4) is 5.75 Å². The first-order chi connectivity index (χ1) is 10.6. The number of ether oxygens (including phenoxy) is 1. The van der Waals surface area contributed by atoms with Crippen LogP contribution in [0.4, 0.5) is 0 Å². The molecule has 1 aliphatic rings. The summed E-state index contributed by atoms with van der Waals surface area (Å²) >= 11 is 12.4. The van der Waals surface area contributed by atoms with Gasteiger partial charge in [0.2, 0.25) is 5.91 Å². The summed E-state index contributed by atoms with van der Waals surface area (Å²) in [5.74, 6) is 0.711. The van der Waals surface area contributed by atoms with Crippen LogP contribution in [0.2, 0.25) is 10.0 Å². The van der Waals surface area contributed by atoms with E-state index in [0.717, 1.165) is 38.2 Å². The van der Waals surface area contributed by atoms with Gasteiger partial charge in [0.1, 0.15) is 0 Å². The van der Waals surface area contributed by atoms with E-state index in [1.165, 1.54) is 0 Å². The van der Waals surface area contributed by atoms with Crippen molar-refractivity contribution in [1.29, 1.82) is 0 Å². The first-order valence-electron chi connectivity index (χ1n) is 7.71. The van der Waals surface area contributed by atoms with Gasteiger partial charge < -0.3 is 15.0 Å². The van der Waals surface area contributed by atoms with Crippen molar-refractivity contribution in [2.45, 2.75) is 26.2 Å². The number of hydrogen-bond acceptors (Lipinski definition) is 3. The number of hydrogen-bond donors (Lipinski definition) is 1. The Bertz CT molecular complexity index is 494.